The van der Waals surface area contributed by atoms with Gasteiger partial charge in [0.2, 0.25) is 5.71 Å². The fraction of sp³-hybridized carbons (Fsp3) is 0.0833. The lowest BCUT2D eigenvalue weighted by atomic mass is 10.1. The Balaban J connectivity index is 2.35. The van der Waals surface area contributed by atoms with Crippen LogP contribution in [0.4, 0.5) is 0 Å². The Morgan fingerprint density at radius 3 is 2.74 bits per heavy atom. The quantitative estimate of drug-likeness (QED) is 0.503. The minimum absolute atomic E-state index is 0.0368. The Morgan fingerprint density at radius 2 is 2.11 bits per heavy atom. The van der Waals surface area contributed by atoms with Gasteiger partial charge in [0, 0.05) is 18.6 Å². The van der Waals surface area contributed by atoms with Crippen LogP contribution < -0.4 is 0 Å². The van der Waals surface area contributed by atoms with Crippen molar-refractivity contribution in [2.24, 2.45) is 5.16 Å². The number of nitrogens with one attached hydrogen (secondary N) is 1. The van der Waals surface area contributed by atoms with Crippen LogP contribution in [0.5, 0.6) is 0 Å². The molecule has 94 valence electrons. The van der Waals surface area contributed by atoms with Crippen molar-refractivity contribution in [1.29, 1.82) is 0 Å². The highest BCUT2D eigenvalue weighted by Crippen LogP contribution is 2.19. The smallest absolute Gasteiger partial charge is 0.378 e. The van der Waals surface area contributed by atoms with E-state index in [1.54, 1.807) is 24.7 Å². The molecule has 0 fully saturated rings. The van der Waals surface area contributed by atoms with Crippen molar-refractivity contribution in [2.75, 3.05) is 7.11 Å². The van der Waals surface area contributed by atoms with Gasteiger partial charge in [-0.15, -0.1) is 0 Å². The Kier molecular flexibility index (Phi) is 3.97. The van der Waals surface area contributed by atoms with E-state index in [0.717, 1.165) is 11.1 Å². The zero-order valence-electron chi connectivity index (χ0n) is 10.2. The van der Waals surface area contributed by atoms with Gasteiger partial charge >= 0.3 is 14.0 Å². The van der Waals surface area contributed by atoms with Gasteiger partial charge in [-0.25, -0.2) is 4.79 Å². The zero-order chi connectivity index (χ0) is 13.7. The Bertz CT molecular complexity index is 595. The molecule has 0 aromatic carbocycles. The first-order chi connectivity index (χ1) is 9.26. The van der Waals surface area contributed by atoms with Crippen LogP contribution in [0.3, 0.4) is 0 Å². The van der Waals surface area contributed by atoms with Crippen LogP contribution in [0.15, 0.2) is 41.9 Å². The molecule has 1 N–H and O–H groups in total. The van der Waals surface area contributed by atoms with Gasteiger partial charge in [-0.2, -0.15) is 0 Å². The van der Waals surface area contributed by atoms with Gasteiger partial charge in [-0.05, 0) is 29.3 Å². The normalized spacial score (nSPS) is 11.1. The molecule has 0 spiro atoms. The molecule has 0 amide bonds. The van der Waals surface area contributed by atoms with Gasteiger partial charge in [0.25, 0.3) is 0 Å². The lowest BCUT2D eigenvalue weighted by Gasteiger charge is -2.01. The molecule has 7 heteroatoms. The summed E-state index contributed by atoms with van der Waals surface area (Å²) in [7, 11) is 6.18. The second kappa shape index (κ2) is 5.86. The summed E-state index contributed by atoms with van der Waals surface area (Å²) in [5.74, 6) is -0.787. The van der Waals surface area contributed by atoms with Crippen LogP contribution in [0.2, 0.25) is 0 Å². The molecule has 0 atom stereocenters. The minimum atomic E-state index is -0.787. The van der Waals surface area contributed by atoms with Crippen molar-refractivity contribution in [2.45, 2.75) is 0 Å². The van der Waals surface area contributed by atoms with Crippen molar-refractivity contribution in [3.05, 3.63) is 42.5 Å². The van der Waals surface area contributed by atoms with Crippen molar-refractivity contribution in [3.8, 4) is 11.1 Å². The number of H-pyrrole nitrogens is 1. The zero-order valence-corrected chi connectivity index (χ0v) is 10.2. The van der Waals surface area contributed by atoms with E-state index in [0.29, 0.717) is 5.69 Å². The van der Waals surface area contributed by atoms with Gasteiger partial charge < -0.3 is 14.5 Å². The second-order valence-corrected chi connectivity index (χ2v) is 3.57. The lowest BCUT2D eigenvalue weighted by Crippen LogP contribution is -2.18. The van der Waals surface area contributed by atoms with Crippen molar-refractivity contribution in [3.63, 3.8) is 0 Å². The molecule has 0 saturated carbocycles. The number of carbonyl (C=O) groups is 1. The molecular weight excluding hydrogens is 245 g/mol. The maximum absolute atomic E-state index is 11.5. The number of hydrogen-bond donors (Lipinski definition) is 1. The number of hydrogen-bond acceptors (Lipinski definition) is 5. The molecule has 19 heavy (non-hydrogen) atoms. The molecule has 2 aromatic rings. The van der Waals surface area contributed by atoms with Crippen molar-refractivity contribution < 1.29 is 14.3 Å². The van der Waals surface area contributed by atoms with E-state index < -0.39 is 5.97 Å². The maximum Gasteiger partial charge on any atom is 0.378 e. The predicted octanol–water partition coefficient (Wildman–Crippen LogP) is 1.05. The highest BCUT2D eigenvalue weighted by Gasteiger charge is 2.17. The number of pyridine rings is 1. The van der Waals surface area contributed by atoms with Crippen LogP contribution in [0, 0.1) is 0 Å². The second-order valence-electron chi connectivity index (χ2n) is 3.57. The van der Waals surface area contributed by atoms with Gasteiger partial charge in [0.15, 0.2) is 0 Å². The summed E-state index contributed by atoms with van der Waals surface area (Å²) in [5, 5.41) is 3.59. The predicted molar refractivity (Wildman–Crippen MR) is 69.4 cm³/mol. The number of oxime groups is 1. The van der Waals surface area contributed by atoms with E-state index in [1.807, 2.05) is 12.1 Å². The van der Waals surface area contributed by atoms with E-state index in [4.69, 9.17) is 8.05 Å². The SMILES string of the molecule is [B]OC(=O)/C(=N/OC)c1cc(-c2ccncc2)c[nH]1. The van der Waals surface area contributed by atoms with Crippen LogP contribution in [-0.2, 0) is 14.3 Å². The van der Waals surface area contributed by atoms with E-state index in [2.05, 4.69) is 24.6 Å². The summed E-state index contributed by atoms with van der Waals surface area (Å²) in [6.07, 6.45) is 5.10. The standard InChI is InChI=1S/C12H10BN3O3/c1-18-16-11(12(17)19-13)10-6-9(7-15-10)8-2-4-14-5-3-8/h2-7,15H,1H3/b16-11+. The number of rotatable bonds is 4. The first-order valence-electron chi connectivity index (χ1n) is 5.37. The molecule has 2 radical (unpaired) electrons. The molecule has 6 nitrogen and oxygen atoms in total. The minimum Gasteiger partial charge on any atom is -0.539 e. The summed E-state index contributed by atoms with van der Waals surface area (Å²) in [5.41, 5.74) is 2.25. The van der Waals surface area contributed by atoms with Crippen LogP contribution in [-0.4, -0.2) is 36.8 Å². The fourth-order valence-electron chi connectivity index (χ4n) is 1.59. The maximum atomic E-state index is 11.5. The molecule has 0 bridgehead atoms. The Morgan fingerprint density at radius 1 is 1.37 bits per heavy atom. The third kappa shape index (κ3) is 2.82. The fourth-order valence-corrected chi connectivity index (χ4v) is 1.59. The van der Waals surface area contributed by atoms with E-state index in [9.17, 15) is 4.79 Å². The number of nitrogens with zero attached hydrogens (tertiary/aromatic N) is 2. The van der Waals surface area contributed by atoms with Crippen LogP contribution >= 0.6 is 0 Å². The van der Waals surface area contributed by atoms with Gasteiger partial charge in [0.05, 0.1) is 5.69 Å². The van der Waals surface area contributed by atoms with Crippen molar-refractivity contribution in [1.82, 2.24) is 9.97 Å². The van der Waals surface area contributed by atoms with Crippen LogP contribution in [0.25, 0.3) is 11.1 Å². The summed E-state index contributed by atoms with van der Waals surface area (Å²) in [4.78, 5) is 22.9. The summed E-state index contributed by atoms with van der Waals surface area (Å²) >= 11 is 0. The van der Waals surface area contributed by atoms with Gasteiger partial charge in [-0.1, -0.05) is 5.16 Å². The average Bonchev–Trinajstić information content (AvgIpc) is 2.94. The number of carbonyl (C=O) groups excluding carboxylic acids is 1. The van der Waals surface area contributed by atoms with E-state index in [-0.39, 0.29) is 5.71 Å². The van der Waals surface area contributed by atoms with Gasteiger partial charge in [0.1, 0.15) is 7.11 Å². The molecule has 0 saturated heterocycles. The summed E-state index contributed by atoms with van der Waals surface area (Å²) in [6, 6.07) is 5.44. The highest BCUT2D eigenvalue weighted by molar-refractivity contribution is 6.45. The third-order valence-electron chi connectivity index (χ3n) is 2.43. The van der Waals surface area contributed by atoms with Crippen molar-refractivity contribution >= 4 is 19.7 Å². The summed E-state index contributed by atoms with van der Waals surface area (Å²) < 4.78 is 4.15. The molecule has 0 aliphatic heterocycles. The van der Waals surface area contributed by atoms with E-state index >= 15 is 0 Å². The topological polar surface area (TPSA) is 76.6 Å². The van der Waals surface area contributed by atoms with Crippen LogP contribution in [0.1, 0.15) is 5.69 Å². The monoisotopic (exact) mass is 255 g/mol. The molecule has 2 heterocycles. The Hall–Kier alpha value is -2.57. The highest BCUT2D eigenvalue weighted by atomic mass is 16.6. The number of aromatic nitrogens is 2. The first-order valence-corrected chi connectivity index (χ1v) is 5.37. The lowest BCUT2D eigenvalue weighted by molar-refractivity contribution is -0.126. The van der Waals surface area contributed by atoms with E-state index in [1.165, 1.54) is 7.11 Å². The molecule has 0 unspecified atom stereocenters. The third-order valence-corrected chi connectivity index (χ3v) is 2.43. The largest absolute Gasteiger partial charge is 0.539 e. The Labute approximate surface area is 110 Å². The number of aromatic amines is 1. The molecule has 2 rings (SSSR count). The molecule has 0 aliphatic carbocycles. The summed E-state index contributed by atoms with van der Waals surface area (Å²) in [6.45, 7) is 0. The van der Waals surface area contributed by atoms with Gasteiger partial charge in [-0.3, -0.25) is 4.98 Å². The average molecular weight is 255 g/mol. The molecule has 2 aromatic heterocycles. The molecule has 0 aliphatic rings. The first kappa shape index (κ1) is 12.9. The molecular formula is C12H10BN3O3.